The first kappa shape index (κ1) is 164. The molecule has 0 N–H and O–H groups in total. The zero-order valence-corrected chi connectivity index (χ0v) is 9.99. The van der Waals surface area contributed by atoms with Gasteiger partial charge in [-0.2, -0.15) is 0 Å². The van der Waals surface area contributed by atoms with Crippen molar-refractivity contribution in [1.29, 1.82) is 0 Å². The minimum atomic E-state index is 0. The molecule has 0 aromatic heterocycles. The van der Waals surface area contributed by atoms with E-state index >= 15 is 0 Å². The summed E-state index contributed by atoms with van der Waals surface area (Å²) < 4.78 is 0. The van der Waals surface area contributed by atoms with Crippen LogP contribution in [-0.2, 0) is 48.4 Å². The predicted molar refractivity (Wildman–Crippen MR) is 3.43 cm³/mol. The van der Waals surface area contributed by atoms with Gasteiger partial charge in [0.15, 0.2) is 0 Å². The Morgan fingerprint density at radius 2 is 0.429 bits per heavy atom. The predicted octanol–water partition coefficient (Wildman–Crippen LogP) is -0.596. The molecule has 0 unspecified atom stereocenters. The van der Waals surface area contributed by atoms with E-state index < -0.39 is 0 Å². The Kier molecular flexibility index (Phi) is 2580. The molecule has 0 aromatic carbocycles. The van der Waals surface area contributed by atoms with Gasteiger partial charge < -0.3 is 27.4 Å². The molecule has 7 heavy (non-hydrogen) atoms. The van der Waals surface area contributed by atoms with Gasteiger partial charge in [0.25, 0.3) is 0 Å². The molecule has 7 heteroatoms. The van der Waals surface area contributed by atoms with Crippen molar-refractivity contribution in [1.82, 2.24) is 0 Å². The van der Waals surface area contributed by atoms with E-state index in [1.807, 2.05) is 0 Å². The van der Waals surface area contributed by atoms with Crippen LogP contribution in [0.2, 0.25) is 0 Å². The summed E-state index contributed by atoms with van der Waals surface area (Å²) in [7, 11) is 0. The molecular weight excluding hydrogens is 496 g/mol. The third kappa shape index (κ3) is 80.3. The summed E-state index contributed by atoms with van der Waals surface area (Å²) in [5.41, 5.74) is 0. The fourth-order valence-corrected chi connectivity index (χ4v) is 0. The van der Waals surface area contributed by atoms with E-state index in [9.17, 15) is 0 Å². The van der Waals surface area contributed by atoms with Crippen LogP contribution in [0.5, 0.6) is 0 Å². The molecule has 5 nitrogen and oxygen atoms in total. The Morgan fingerprint density at radius 1 is 0.429 bits per heavy atom. The molecule has 0 aromatic rings. The Balaban J connectivity index is 0. The molecule has 46 valence electrons. The third-order valence-corrected chi connectivity index (χ3v) is 0. The topological polar surface area (TPSA) is 142 Å². The maximum absolute atomic E-state index is 0. The molecule has 0 aliphatic rings. The van der Waals surface area contributed by atoms with Gasteiger partial charge in [0.2, 0.25) is 0 Å². The van der Waals surface area contributed by atoms with Crippen molar-refractivity contribution >= 4 is 0 Å². The van der Waals surface area contributed by atoms with Crippen LogP contribution in [0.15, 0.2) is 0 Å². The van der Waals surface area contributed by atoms with Crippen molar-refractivity contribution in [3.63, 3.8) is 0 Å². The second-order valence-corrected chi connectivity index (χ2v) is 0. The summed E-state index contributed by atoms with van der Waals surface area (Å²) in [6.07, 6.45) is 0. The van der Waals surface area contributed by atoms with Crippen LogP contribution in [0, 0.1) is 39.9 Å². The molecule has 0 radical (unpaired) electrons. The van der Waals surface area contributed by atoms with E-state index in [2.05, 4.69) is 0 Å². The van der Waals surface area contributed by atoms with Gasteiger partial charge in [-0.3, -0.25) is 0 Å². The van der Waals surface area contributed by atoms with E-state index in [4.69, 9.17) is 0 Å². The monoisotopic (exact) mass is 496 g/mol. The van der Waals surface area contributed by atoms with Gasteiger partial charge in [0, 0.05) is 21.1 Å². The fraction of sp³-hybridized carbons (Fsp3) is 0. The van der Waals surface area contributed by atoms with Crippen molar-refractivity contribution in [2.75, 3.05) is 0 Å². The normalized spacial score (nSPS) is 0. The largest absolute Gasteiger partial charge is 4.00 e. The SMILES string of the molecule is [O-2].[O-2].[O-2].[O-2].[O-2].[Th+4].[W]. The first-order valence-corrected chi connectivity index (χ1v) is 0. The van der Waals surface area contributed by atoms with Crippen molar-refractivity contribution in [3.05, 3.63) is 0 Å². The maximum Gasteiger partial charge on any atom is 4.00 e. The Bertz CT molecular complexity index is 8.04. The molecule has 0 spiro atoms. The first-order valence-electron chi connectivity index (χ1n) is 0. The molecule has 0 atom stereocenters. The van der Waals surface area contributed by atoms with Crippen LogP contribution in [0.25, 0.3) is 0 Å². The van der Waals surface area contributed by atoms with Crippen LogP contribution in [0.3, 0.4) is 0 Å². The molecule has 0 aliphatic carbocycles. The molecule has 0 saturated carbocycles. The molecule has 0 aliphatic heterocycles. The average Bonchev–Trinajstić information content (AvgIpc) is 0. The summed E-state index contributed by atoms with van der Waals surface area (Å²) in [5, 5.41) is 0. The minimum absolute atomic E-state index is 0. The van der Waals surface area contributed by atoms with Gasteiger partial charge in [-0.15, -0.1) is 0 Å². The Hall–Kier alpha value is 1.81. The first-order chi connectivity index (χ1) is 0. The fourth-order valence-electron chi connectivity index (χ4n) is 0. The Labute approximate surface area is 87.3 Å². The van der Waals surface area contributed by atoms with Crippen LogP contribution in [-0.4, -0.2) is 0 Å². The van der Waals surface area contributed by atoms with Crippen molar-refractivity contribution in [3.8, 4) is 0 Å². The quantitative estimate of drug-likeness (QED) is 0.423. The maximum atomic E-state index is 0. The van der Waals surface area contributed by atoms with Crippen molar-refractivity contribution in [2.24, 2.45) is 0 Å². The Morgan fingerprint density at radius 3 is 0.429 bits per heavy atom. The van der Waals surface area contributed by atoms with E-state index in [0.717, 1.165) is 0 Å². The van der Waals surface area contributed by atoms with E-state index in [-0.39, 0.29) is 88.4 Å². The number of rotatable bonds is 0. The van der Waals surface area contributed by atoms with Crippen LogP contribution >= 0.6 is 0 Å². The van der Waals surface area contributed by atoms with Crippen LogP contribution in [0.1, 0.15) is 0 Å². The summed E-state index contributed by atoms with van der Waals surface area (Å²) in [4.78, 5) is 0. The second kappa shape index (κ2) is 110. The summed E-state index contributed by atoms with van der Waals surface area (Å²) in [5.74, 6) is 0. The minimum Gasteiger partial charge on any atom is -2.00 e. The molecule has 0 fully saturated rings. The van der Waals surface area contributed by atoms with Gasteiger partial charge in [-0.1, -0.05) is 0 Å². The smallest absolute Gasteiger partial charge is 2.00 e. The standard InChI is InChI=1S/5O.Th.W/q5*-2;+4;. The average molecular weight is 496 g/mol. The van der Waals surface area contributed by atoms with E-state index in [1.165, 1.54) is 0 Å². The van der Waals surface area contributed by atoms with Crippen LogP contribution in [0.4, 0.5) is 0 Å². The van der Waals surface area contributed by atoms with Gasteiger partial charge in [-0.25, -0.2) is 0 Å². The molecule has 0 amide bonds. The molecular formula is O5ThW-6. The summed E-state index contributed by atoms with van der Waals surface area (Å²) in [6, 6.07) is 0. The zero-order valence-electron chi connectivity index (χ0n) is 2.95. The van der Waals surface area contributed by atoms with E-state index in [0.29, 0.717) is 0 Å². The number of hydrogen-bond acceptors (Lipinski definition) is 0. The summed E-state index contributed by atoms with van der Waals surface area (Å²) >= 11 is 0. The molecule has 0 bridgehead atoms. The van der Waals surface area contributed by atoms with Gasteiger partial charge in [0.05, 0.1) is 0 Å². The number of hydrogen-bond donors (Lipinski definition) is 0. The molecule has 0 heterocycles. The van der Waals surface area contributed by atoms with Crippen molar-refractivity contribution < 1.29 is 88.4 Å². The summed E-state index contributed by atoms with van der Waals surface area (Å²) in [6.45, 7) is 0. The third-order valence-electron chi connectivity index (χ3n) is 0. The molecule has 0 rings (SSSR count). The van der Waals surface area contributed by atoms with Crippen LogP contribution < -0.4 is 0 Å². The van der Waals surface area contributed by atoms with Gasteiger partial charge >= 0.3 is 39.9 Å². The second-order valence-electron chi connectivity index (χ2n) is 0. The zero-order chi connectivity index (χ0) is 0. The van der Waals surface area contributed by atoms with Gasteiger partial charge in [0.1, 0.15) is 0 Å². The van der Waals surface area contributed by atoms with E-state index in [1.54, 1.807) is 0 Å². The molecule has 0 saturated heterocycles. The van der Waals surface area contributed by atoms with Crippen molar-refractivity contribution in [2.45, 2.75) is 0 Å². The van der Waals surface area contributed by atoms with Gasteiger partial charge in [-0.05, 0) is 0 Å².